The number of carbonyl (C=O) groups excluding carboxylic acids is 3. The molecule has 1 aliphatic carbocycles. The molecular formula is C21H29N3O3. The molecule has 0 radical (unpaired) electrons. The molecule has 2 fully saturated rings. The number of nitrogens with zero attached hydrogens (tertiary/aromatic N) is 1. The fourth-order valence-electron chi connectivity index (χ4n) is 4.30. The van der Waals surface area contributed by atoms with Gasteiger partial charge in [-0.2, -0.15) is 0 Å². The first-order chi connectivity index (χ1) is 12.8. The lowest BCUT2D eigenvalue weighted by molar-refractivity contribution is -0.137. The lowest BCUT2D eigenvalue weighted by atomic mass is 9.73. The van der Waals surface area contributed by atoms with Gasteiger partial charge in [0.05, 0.1) is 6.04 Å². The minimum absolute atomic E-state index is 0.0866. The second-order valence-electron chi connectivity index (χ2n) is 8.14. The maximum absolute atomic E-state index is 13.0. The standard InChI is InChI=1S/C21H29N3O3/c1-14(2)18(16-10-5-4-6-11-16)22-17(25)13-24-19(26)21(23-20(24)27)12-8-7-9-15(21)3/h4-6,10-11,14-15,18H,7-9,12-13H2,1-3H3,(H,22,25)(H,23,27). The number of urea groups is 1. The van der Waals surface area contributed by atoms with Crippen molar-refractivity contribution in [2.24, 2.45) is 11.8 Å². The molecule has 1 heterocycles. The van der Waals surface area contributed by atoms with Crippen molar-refractivity contribution in [3.63, 3.8) is 0 Å². The second-order valence-corrected chi connectivity index (χ2v) is 8.14. The number of nitrogens with one attached hydrogen (secondary N) is 2. The van der Waals surface area contributed by atoms with E-state index in [1.807, 2.05) is 51.1 Å². The normalized spacial score (nSPS) is 26.4. The molecule has 1 saturated heterocycles. The molecule has 1 aliphatic heterocycles. The van der Waals surface area contributed by atoms with E-state index in [1.54, 1.807) is 0 Å². The van der Waals surface area contributed by atoms with Gasteiger partial charge >= 0.3 is 6.03 Å². The number of amides is 4. The Bertz CT molecular complexity index is 719. The molecule has 3 rings (SSSR count). The van der Waals surface area contributed by atoms with E-state index in [4.69, 9.17) is 0 Å². The summed E-state index contributed by atoms with van der Waals surface area (Å²) in [4.78, 5) is 39.2. The molecule has 1 saturated carbocycles. The third-order valence-electron chi connectivity index (χ3n) is 5.95. The quantitative estimate of drug-likeness (QED) is 0.781. The van der Waals surface area contributed by atoms with Gasteiger partial charge in [-0.1, -0.05) is 63.9 Å². The summed E-state index contributed by atoms with van der Waals surface area (Å²) < 4.78 is 0. The summed E-state index contributed by atoms with van der Waals surface area (Å²) in [5.41, 5.74) is 0.183. The van der Waals surface area contributed by atoms with Crippen molar-refractivity contribution in [2.45, 2.75) is 58.0 Å². The highest BCUT2D eigenvalue weighted by Gasteiger charge is 2.55. The first-order valence-electron chi connectivity index (χ1n) is 9.83. The van der Waals surface area contributed by atoms with Gasteiger partial charge in [0.1, 0.15) is 12.1 Å². The van der Waals surface area contributed by atoms with Crippen LogP contribution in [0.5, 0.6) is 0 Å². The molecule has 2 aliphatic rings. The fourth-order valence-corrected chi connectivity index (χ4v) is 4.30. The monoisotopic (exact) mass is 371 g/mol. The van der Waals surface area contributed by atoms with Crippen LogP contribution in [0.3, 0.4) is 0 Å². The van der Waals surface area contributed by atoms with Gasteiger partial charge in [0.25, 0.3) is 5.91 Å². The van der Waals surface area contributed by atoms with E-state index in [-0.39, 0.29) is 36.2 Å². The van der Waals surface area contributed by atoms with Crippen molar-refractivity contribution in [2.75, 3.05) is 6.54 Å². The van der Waals surface area contributed by atoms with E-state index in [0.29, 0.717) is 6.42 Å². The molecule has 0 bridgehead atoms. The maximum Gasteiger partial charge on any atom is 0.325 e. The largest absolute Gasteiger partial charge is 0.347 e. The Hall–Kier alpha value is -2.37. The maximum atomic E-state index is 13.0. The predicted molar refractivity (Wildman–Crippen MR) is 103 cm³/mol. The van der Waals surface area contributed by atoms with E-state index in [1.165, 1.54) is 0 Å². The molecule has 1 aromatic carbocycles. The van der Waals surface area contributed by atoms with Crippen LogP contribution >= 0.6 is 0 Å². The Morgan fingerprint density at radius 1 is 1.26 bits per heavy atom. The Labute approximate surface area is 160 Å². The molecule has 27 heavy (non-hydrogen) atoms. The van der Waals surface area contributed by atoms with Crippen LogP contribution in [-0.4, -0.2) is 34.8 Å². The molecule has 3 unspecified atom stereocenters. The Balaban J connectivity index is 1.70. The molecular weight excluding hydrogens is 342 g/mol. The van der Waals surface area contributed by atoms with Crippen LogP contribution in [0.2, 0.25) is 0 Å². The van der Waals surface area contributed by atoms with Gasteiger partial charge in [-0.3, -0.25) is 14.5 Å². The molecule has 1 aromatic rings. The Morgan fingerprint density at radius 2 is 1.96 bits per heavy atom. The zero-order valence-corrected chi connectivity index (χ0v) is 16.3. The van der Waals surface area contributed by atoms with Gasteiger partial charge in [-0.25, -0.2) is 4.79 Å². The summed E-state index contributed by atoms with van der Waals surface area (Å²) in [6.07, 6.45) is 3.55. The SMILES string of the molecule is CC(C)C(NC(=O)CN1C(=O)NC2(CCCCC2C)C1=O)c1ccccc1. The van der Waals surface area contributed by atoms with E-state index in [0.717, 1.165) is 29.7 Å². The van der Waals surface area contributed by atoms with Gasteiger partial charge < -0.3 is 10.6 Å². The molecule has 6 heteroatoms. The van der Waals surface area contributed by atoms with Crippen molar-refractivity contribution < 1.29 is 14.4 Å². The molecule has 4 amide bonds. The van der Waals surface area contributed by atoms with Crippen molar-refractivity contribution in [1.82, 2.24) is 15.5 Å². The van der Waals surface area contributed by atoms with E-state index in [9.17, 15) is 14.4 Å². The predicted octanol–water partition coefficient (Wildman–Crippen LogP) is 3.00. The molecule has 0 aromatic heterocycles. The van der Waals surface area contributed by atoms with Crippen LogP contribution in [0.1, 0.15) is 58.1 Å². The molecule has 146 valence electrons. The number of imide groups is 1. The third kappa shape index (κ3) is 3.70. The number of carbonyl (C=O) groups is 3. The minimum Gasteiger partial charge on any atom is -0.347 e. The van der Waals surface area contributed by atoms with Crippen LogP contribution < -0.4 is 10.6 Å². The van der Waals surface area contributed by atoms with Gasteiger partial charge in [0.15, 0.2) is 0 Å². The van der Waals surface area contributed by atoms with Gasteiger partial charge in [-0.15, -0.1) is 0 Å². The Kier molecular flexibility index (Phi) is 5.53. The van der Waals surface area contributed by atoms with Crippen molar-refractivity contribution >= 4 is 17.8 Å². The average Bonchev–Trinajstić information content (AvgIpc) is 2.88. The van der Waals surface area contributed by atoms with Crippen LogP contribution in [0.25, 0.3) is 0 Å². The van der Waals surface area contributed by atoms with E-state index in [2.05, 4.69) is 10.6 Å². The van der Waals surface area contributed by atoms with Gasteiger partial charge in [0, 0.05) is 0 Å². The average molecular weight is 371 g/mol. The van der Waals surface area contributed by atoms with Crippen LogP contribution in [0.15, 0.2) is 30.3 Å². The molecule has 2 N–H and O–H groups in total. The lowest BCUT2D eigenvalue weighted by Crippen LogP contribution is -2.54. The molecule has 6 nitrogen and oxygen atoms in total. The number of hydrogen-bond acceptors (Lipinski definition) is 3. The topological polar surface area (TPSA) is 78.5 Å². The summed E-state index contributed by atoms with van der Waals surface area (Å²) in [7, 11) is 0. The first kappa shape index (κ1) is 19.4. The zero-order chi connectivity index (χ0) is 19.6. The number of hydrogen-bond donors (Lipinski definition) is 2. The van der Waals surface area contributed by atoms with Gasteiger partial charge in [-0.05, 0) is 30.2 Å². The minimum atomic E-state index is -0.827. The number of rotatable bonds is 5. The first-order valence-corrected chi connectivity index (χ1v) is 9.83. The summed E-state index contributed by atoms with van der Waals surface area (Å²) in [6, 6.07) is 9.12. The lowest BCUT2D eigenvalue weighted by Gasteiger charge is -2.36. The fraction of sp³-hybridized carbons (Fsp3) is 0.571. The molecule has 1 spiro atoms. The second kappa shape index (κ2) is 7.71. The van der Waals surface area contributed by atoms with Crippen LogP contribution in [0, 0.1) is 11.8 Å². The molecule has 3 atom stereocenters. The summed E-state index contributed by atoms with van der Waals surface area (Å²) >= 11 is 0. The van der Waals surface area contributed by atoms with Crippen molar-refractivity contribution in [1.29, 1.82) is 0 Å². The highest BCUT2D eigenvalue weighted by atomic mass is 16.2. The zero-order valence-electron chi connectivity index (χ0n) is 16.3. The van der Waals surface area contributed by atoms with Crippen molar-refractivity contribution in [3.05, 3.63) is 35.9 Å². The summed E-state index contributed by atoms with van der Waals surface area (Å²) in [6.45, 7) is 5.83. The van der Waals surface area contributed by atoms with Crippen molar-refractivity contribution in [3.8, 4) is 0 Å². The highest BCUT2D eigenvalue weighted by Crippen LogP contribution is 2.38. The van der Waals surface area contributed by atoms with Crippen LogP contribution in [0.4, 0.5) is 4.79 Å². The Morgan fingerprint density at radius 3 is 2.59 bits per heavy atom. The summed E-state index contributed by atoms with van der Waals surface area (Å²) in [5.74, 6) is -0.301. The van der Waals surface area contributed by atoms with E-state index >= 15 is 0 Å². The summed E-state index contributed by atoms with van der Waals surface area (Å²) in [5, 5.41) is 5.88. The van der Waals surface area contributed by atoms with Crippen LogP contribution in [-0.2, 0) is 9.59 Å². The third-order valence-corrected chi connectivity index (χ3v) is 5.95. The smallest absolute Gasteiger partial charge is 0.325 e. The number of benzene rings is 1. The van der Waals surface area contributed by atoms with E-state index < -0.39 is 11.6 Å². The van der Waals surface area contributed by atoms with Gasteiger partial charge in [0.2, 0.25) is 5.91 Å². The highest BCUT2D eigenvalue weighted by molar-refractivity contribution is 6.09.